The molecule has 0 saturated heterocycles. The van der Waals surface area contributed by atoms with Crippen LogP contribution in [0.3, 0.4) is 0 Å². The highest BCUT2D eigenvalue weighted by Crippen LogP contribution is 2.22. The lowest BCUT2D eigenvalue weighted by molar-refractivity contribution is 0.0520. The van der Waals surface area contributed by atoms with E-state index in [2.05, 4.69) is 10.3 Å². The van der Waals surface area contributed by atoms with Gasteiger partial charge in [0.25, 0.3) is 5.91 Å². The number of benzene rings is 2. The Hall–Kier alpha value is -3.19. The van der Waals surface area contributed by atoms with E-state index in [0.717, 1.165) is 17.1 Å². The van der Waals surface area contributed by atoms with Gasteiger partial charge in [0.15, 0.2) is 10.8 Å². The van der Waals surface area contributed by atoms with E-state index in [-0.39, 0.29) is 18.2 Å². The molecule has 3 rings (SSSR count). The number of esters is 1. The molecule has 1 amide bonds. The van der Waals surface area contributed by atoms with Crippen molar-refractivity contribution in [3.63, 3.8) is 0 Å². The Morgan fingerprint density at radius 1 is 1.04 bits per heavy atom. The van der Waals surface area contributed by atoms with Crippen LogP contribution < -0.4 is 10.1 Å². The molecule has 0 bridgehead atoms. The monoisotopic (exact) mass is 368 g/mol. The van der Waals surface area contributed by atoms with E-state index in [1.165, 1.54) is 0 Å². The molecule has 2 aromatic carbocycles. The number of para-hydroxylation sites is 1. The largest absolute Gasteiger partial charge is 0.461 e. The van der Waals surface area contributed by atoms with Gasteiger partial charge in [-0.05, 0) is 43.3 Å². The average molecular weight is 368 g/mol. The van der Waals surface area contributed by atoms with Gasteiger partial charge >= 0.3 is 5.97 Å². The van der Waals surface area contributed by atoms with Crippen molar-refractivity contribution in [1.29, 1.82) is 0 Å². The minimum atomic E-state index is -0.508. The zero-order chi connectivity index (χ0) is 18.4. The van der Waals surface area contributed by atoms with Gasteiger partial charge in [0.2, 0.25) is 0 Å². The smallest absolute Gasteiger partial charge is 0.357 e. The lowest BCUT2D eigenvalue weighted by atomic mass is 10.2. The van der Waals surface area contributed by atoms with Crippen molar-refractivity contribution in [2.75, 3.05) is 11.9 Å². The van der Waals surface area contributed by atoms with Crippen LogP contribution >= 0.6 is 11.3 Å². The average Bonchev–Trinajstić information content (AvgIpc) is 3.12. The van der Waals surface area contributed by atoms with Crippen LogP contribution in [0.5, 0.6) is 11.5 Å². The minimum absolute atomic E-state index is 0.179. The van der Waals surface area contributed by atoms with Crippen molar-refractivity contribution < 1.29 is 19.1 Å². The molecule has 7 heteroatoms. The normalized spacial score (nSPS) is 10.2. The second-order valence-electron chi connectivity index (χ2n) is 5.15. The van der Waals surface area contributed by atoms with Crippen molar-refractivity contribution in [2.45, 2.75) is 6.92 Å². The van der Waals surface area contributed by atoms with Gasteiger partial charge in [-0.2, -0.15) is 0 Å². The molecule has 0 aliphatic heterocycles. The van der Waals surface area contributed by atoms with Crippen molar-refractivity contribution >= 4 is 28.3 Å². The summed E-state index contributed by atoms with van der Waals surface area (Å²) >= 11 is 1.16. The number of hydrogen-bond donors (Lipinski definition) is 1. The van der Waals surface area contributed by atoms with Crippen LogP contribution in [0.2, 0.25) is 0 Å². The molecule has 0 aliphatic carbocycles. The van der Waals surface area contributed by atoms with Gasteiger partial charge in [0.1, 0.15) is 11.5 Å². The molecule has 1 aromatic heterocycles. The number of anilines is 1. The van der Waals surface area contributed by atoms with E-state index < -0.39 is 5.97 Å². The summed E-state index contributed by atoms with van der Waals surface area (Å²) in [5.41, 5.74) is 0.636. The molecule has 0 spiro atoms. The van der Waals surface area contributed by atoms with Gasteiger partial charge in [-0.3, -0.25) is 10.1 Å². The highest BCUT2D eigenvalue weighted by atomic mass is 32.1. The number of nitrogens with one attached hydrogen (secondary N) is 1. The molecule has 0 saturated carbocycles. The molecule has 0 atom stereocenters. The van der Waals surface area contributed by atoms with E-state index in [0.29, 0.717) is 16.4 Å². The van der Waals surface area contributed by atoms with Crippen LogP contribution in [-0.2, 0) is 4.74 Å². The van der Waals surface area contributed by atoms with Crippen LogP contribution in [0.4, 0.5) is 5.13 Å². The lowest BCUT2D eigenvalue weighted by Gasteiger charge is -2.06. The third-order valence-corrected chi connectivity index (χ3v) is 4.06. The number of nitrogens with zero attached hydrogens (tertiary/aromatic N) is 1. The summed E-state index contributed by atoms with van der Waals surface area (Å²) in [4.78, 5) is 27.9. The minimum Gasteiger partial charge on any atom is -0.461 e. The van der Waals surface area contributed by atoms with Crippen molar-refractivity contribution in [1.82, 2.24) is 4.98 Å². The van der Waals surface area contributed by atoms with Gasteiger partial charge < -0.3 is 9.47 Å². The second kappa shape index (κ2) is 8.26. The van der Waals surface area contributed by atoms with E-state index >= 15 is 0 Å². The fourth-order valence-electron chi connectivity index (χ4n) is 2.10. The predicted molar refractivity (Wildman–Crippen MR) is 99.0 cm³/mol. The van der Waals surface area contributed by atoms with E-state index in [1.807, 2.05) is 30.3 Å². The van der Waals surface area contributed by atoms with Crippen LogP contribution in [0, 0.1) is 0 Å². The molecule has 6 nitrogen and oxygen atoms in total. The van der Waals surface area contributed by atoms with Gasteiger partial charge in [0, 0.05) is 10.9 Å². The van der Waals surface area contributed by atoms with Crippen LogP contribution in [-0.4, -0.2) is 23.5 Å². The molecular weight excluding hydrogens is 352 g/mol. The Morgan fingerprint density at radius 3 is 2.42 bits per heavy atom. The first-order valence-corrected chi connectivity index (χ1v) is 8.80. The number of rotatable bonds is 6. The van der Waals surface area contributed by atoms with Crippen molar-refractivity contribution in [2.24, 2.45) is 0 Å². The van der Waals surface area contributed by atoms with Crippen molar-refractivity contribution in [3.05, 3.63) is 71.2 Å². The third-order valence-electron chi connectivity index (χ3n) is 3.30. The number of thiazole rings is 1. The summed E-state index contributed by atoms with van der Waals surface area (Å²) in [6.45, 7) is 1.99. The summed E-state index contributed by atoms with van der Waals surface area (Å²) in [5.74, 6) is 0.526. The quantitative estimate of drug-likeness (QED) is 0.654. The maximum Gasteiger partial charge on any atom is 0.357 e. The predicted octanol–water partition coefficient (Wildman–Crippen LogP) is 4.36. The van der Waals surface area contributed by atoms with E-state index in [9.17, 15) is 9.59 Å². The fourth-order valence-corrected chi connectivity index (χ4v) is 2.77. The number of amides is 1. The van der Waals surface area contributed by atoms with Crippen molar-refractivity contribution in [3.8, 4) is 11.5 Å². The van der Waals surface area contributed by atoms with Gasteiger partial charge in [-0.25, -0.2) is 9.78 Å². The number of carbonyl (C=O) groups is 2. The van der Waals surface area contributed by atoms with Crippen LogP contribution in [0.15, 0.2) is 60.0 Å². The highest BCUT2D eigenvalue weighted by molar-refractivity contribution is 7.14. The first-order chi connectivity index (χ1) is 12.7. The Morgan fingerprint density at radius 2 is 1.73 bits per heavy atom. The Balaban J connectivity index is 1.62. The summed E-state index contributed by atoms with van der Waals surface area (Å²) in [6.07, 6.45) is 0. The molecule has 1 heterocycles. The molecular formula is C19H16N2O4S. The topological polar surface area (TPSA) is 77.5 Å². The molecule has 0 aliphatic rings. The third kappa shape index (κ3) is 4.46. The number of hydrogen-bond acceptors (Lipinski definition) is 6. The Kier molecular flexibility index (Phi) is 5.60. The second-order valence-corrected chi connectivity index (χ2v) is 6.01. The van der Waals surface area contributed by atoms with E-state index in [1.54, 1.807) is 36.6 Å². The van der Waals surface area contributed by atoms with Gasteiger partial charge in [-0.1, -0.05) is 18.2 Å². The molecule has 0 fully saturated rings. The molecule has 3 aromatic rings. The van der Waals surface area contributed by atoms with E-state index in [4.69, 9.17) is 9.47 Å². The number of aromatic nitrogens is 1. The van der Waals surface area contributed by atoms with Gasteiger partial charge in [-0.15, -0.1) is 11.3 Å². The van der Waals surface area contributed by atoms with Gasteiger partial charge in [0.05, 0.1) is 6.61 Å². The van der Waals surface area contributed by atoms with Crippen LogP contribution in [0.1, 0.15) is 27.8 Å². The van der Waals surface area contributed by atoms with Crippen LogP contribution in [0.25, 0.3) is 0 Å². The molecule has 0 unspecified atom stereocenters. The summed E-state index contributed by atoms with van der Waals surface area (Å²) in [5, 5.41) is 4.55. The summed E-state index contributed by atoms with van der Waals surface area (Å²) in [6, 6.07) is 16.1. The number of carbonyl (C=O) groups excluding carboxylic acids is 2. The maximum absolute atomic E-state index is 12.3. The standard InChI is InChI=1S/C19H16N2O4S/c1-2-24-18(23)16-12-26-19(20-16)21-17(22)13-8-10-15(11-9-13)25-14-6-4-3-5-7-14/h3-12H,2H2,1H3,(H,20,21,22). The molecule has 0 radical (unpaired) electrons. The zero-order valence-corrected chi connectivity index (χ0v) is 14.8. The zero-order valence-electron chi connectivity index (χ0n) is 14.0. The lowest BCUT2D eigenvalue weighted by Crippen LogP contribution is -2.12. The molecule has 1 N–H and O–H groups in total. The first kappa shape index (κ1) is 17.6. The maximum atomic E-state index is 12.3. The Labute approximate surface area is 154 Å². The first-order valence-electron chi connectivity index (χ1n) is 7.92. The number of ether oxygens (including phenoxy) is 2. The Bertz CT molecular complexity index is 891. The molecule has 132 valence electrons. The highest BCUT2D eigenvalue weighted by Gasteiger charge is 2.14. The summed E-state index contributed by atoms with van der Waals surface area (Å²) in [7, 11) is 0. The summed E-state index contributed by atoms with van der Waals surface area (Å²) < 4.78 is 10.6. The SMILES string of the molecule is CCOC(=O)c1csc(NC(=O)c2ccc(Oc3ccccc3)cc2)n1. The fraction of sp³-hybridized carbons (Fsp3) is 0.105. The molecule has 26 heavy (non-hydrogen) atoms.